The smallest absolute Gasteiger partial charge is 0.324 e. The number of carbonyl (C=O) groups excluding carboxylic acids is 2. The summed E-state index contributed by atoms with van der Waals surface area (Å²) in [5.74, 6) is -1.13. The zero-order chi connectivity index (χ0) is 14.3. The van der Waals surface area contributed by atoms with Crippen LogP contribution in [0.2, 0.25) is 0 Å². The monoisotopic (exact) mass is 277 g/mol. The lowest BCUT2D eigenvalue weighted by atomic mass is 10.1. The second-order valence-corrected chi connectivity index (χ2v) is 4.97. The first kappa shape index (κ1) is 12.6. The molecule has 2 atom stereocenters. The molecule has 3 rings (SSSR count). The molecular weight excluding hydrogens is 266 g/mol. The van der Waals surface area contributed by atoms with Crippen molar-refractivity contribution in [2.75, 3.05) is 6.61 Å². The maximum absolute atomic E-state index is 11.9. The zero-order valence-electron chi connectivity index (χ0n) is 10.4. The number of fused-ring (bicyclic) bond motifs is 1. The van der Waals surface area contributed by atoms with Gasteiger partial charge in [0.05, 0.1) is 11.5 Å². The van der Waals surface area contributed by atoms with Crippen molar-refractivity contribution in [3.05, 3.63) is 39.9 Å². The Morgan fingerprint density at radius 3 is 2.65 bits per heavy atom. The lowest BCUT2D eigenvalue weighted by molar-refractivity contribution is -0.384. The van der Waals surface area contributed by atoms with Gasteiger partial charge in [-0.05, 0) is 24.1 Å². The van der Waals surface area contributed by atoms with Crippen LogP contribution in [0.4, 0.5) is 5.69 Å². The summed E-state index contributed by atoms with van der Waals surface area (Å²) >= 11 is 0. The Labute approximate surface area is 113 Å². The van der Waals surface area contributed by atoms with Gasteiger partial charge in [-0.25, -0.2) is 0 Å². The maximum atomic E-state index is 11.9. The molecule has 0 N–H and O–H groups in total. The van der Waals surface area contributed by atoms with Crippen molar-refractivity contribution in [3.63, 3.8) is 0 Å². The molecule has 1 aliphatic carbocycles. The summed E-state index contributed by atoms with van der Waals surface area (Å²) in [4.78, 5) is 33.5. The van der Waals surface area contributed by atoms with E-state index >= 15 is 0 Å². The highest BCUT2D eigenvalue weighted by molar-refractivity contribution is 6.05. The van der Waals surface area contributed by atoms with Gasteiger partial charge in [-0.1, -0.05) is 0 Å². The molecule has 7 nitrogen and oxygen atoms in total. The van der Waals surface area contributed by atoms with Crippen molar-refractivity contribution < 1.29 is 24.0 Å². The number of non-ortho nitro benzene ring substituents is 1. The molecule has 0 bridgehead atoms. The SMILES string of the molecule is O=C(OCc1ccc([N+](=O)[O-])cc1)[C@]12C[C@H]1COC2=O. The lowest BCUT2D eigenvalue weighted by Crippen LogP contribution is -2.26. The molecule has 2 aliphatic rings. The number of rotatable bonds is 4. The van der Waals surface area contributed by atoms with Gasteiger partial charge < -0.3 is 9.47 Å². The van der Waals surface area contributed by atoms with Crippen molar-refractivity contribution in [1.29, 1.82) is 0 Å². The molecule has 1 aliphatic heterocycles. The van der Waals surface area contributed by atoms with Crippen LogP contribution in [0.25, 0.3) is 0 Å². The number of cyclic esters (lactones) is 1. The fraction of sp³-hybridized carbons (Fsp3) is 0.385. The van der Waals surface area contributed by atoms with Crippen molar-refractivity contribution in [2.24, 2.45) is 11.3 Å². The standard InChI is InChI=1S/C13H11NO6/c15-11(13-5-9(13)7-20-12(13)16)19-6-8-1-3-10(4-2-8)14(17)18/h1-4,9H,5-7H2/t9-,13-/m0/s1. The molecule has 0 aromatic heterocycles. The van der Waals surface area contributed by atoms with E-state index in [0.717, 1.165) is 0 Å². The quantitative estimate of drug-likeness (QED) is 0.355. The van der Waals surface area contributed by atoms with Crippen molar-refractivity contribution >= 4 is 17.6 Å². The van der Waals surface area contributed by atoms with Gasteiger partial charge in [0.15, 0.2) is 5.41 Å². The topological polar surface area (TPSA) is 95.7 Å². The van der Waals surface area contributed by atoms with Gasteiger partial charge >= 0.3 is 11.9 Å². The number of carbonyl (C=O) groups is 2. The summed E-state index contributed by atoms with van der Waals surface area (Å²) in [7, 11) is 0. The Hall–Kier alpha value is -2.44. The first-order valence-corrected chi connectivity index (χ1v) is 6.12. The number of hydrogen-bond donors (Lipinski definition) is 0. The van der Waals surface area contributed by atoms with Crippen LogP contribution in [0.3, 0.4) is 0 Å². The molecule has 1 saturated carbocycles. The first-order valence-electron chi connectivity index (χ1n) is 6.12. The zero-order valence-corrected chi connectivity index (χ0v) is 10.4. The summed E-state index contributed by atoms with van der Waals surface area (Å²) in [5.41, 5.74) is -0.481. The van der Waals surface area contributed by atoms with Crippen molar-refractivity contribution in [3.8, 4) is 0 Å². The molecule has 0 unspecified atom stereocenters. The largest absolute Gasteiger partial charge is 0.464 e. The second-order valence-electron chi connectivity index (χ2n) is 4.97. The molecule has 0 amide bonds. The highest BCUT2D eigenvalue weighted by atomic mass is 16.6. The maximum Gasteiger partial charge on any atom is 0.324 e. The Morgan fingerprint density at radius 2 is 2.15 bits per heavy atom. The molecule has 1 saturated heterocycles. The Morgan fingerprint density at radius 1 is 1.45 bits per heavy atom. The highest BCUT2D eigenvalue weighted by Gasteiger charge is 2.72. The summed E-state index contributed by atoms with van der Waals surface area (Å²) < 4.78 is 9.94. The third-order valence-electron chi connectivity index (χ3n) is 3.77. The van der Waals surface area contributed by atoms with Gasteiger partial charge in [0.25, 0.3) is 5.69 Å². The molecule has 2 fully saturated rings. The van der Waals surface area contributed by atoms with Gasteiger partial charge in [0, 0.05) is 18.1 Å². The molecular formula is C13H11NO6. The number of hydrogen-bond acceptors (Lipinski definition) is 6. The molecule has 104 valence electrons. The summed E-state index contributed by atoms with van der Waals surface area (Å²) in [6, 6.07) is 5.71. The van der Waals surface area contributed by atoms with Crippen molar-refractivity contribution in [1.82, 2.24) is 0 Å². The van der Waals surface area contributed by atoms with E-state index in [9.17, 15) is 19.7 Å². The molecule has 7 heteroatoms. The third-order valence-corrected chi connectivity index (χ3v) is 3.77. The third kappa shape index (κ3) is 1.82. The normalized spacial score (nSPS) is 26.6. The number of esters is 2. The van der Waals surface area contributed by atoms with E-state index < -0.39 is 22.3 Å². The van der Waals surface area contributed by atoms with Crippen LogP contribution in [-0.2, 0) is 25.7 Å². The fourth-order valence-electron chi connectivity index (χ4n) is 2.41. The van der Waals surface area contributed by atoms with E-state index in [1.165, 1.54) is 24.3 Å². The predicted molar refractivity (Wildman–Crippen MR) is 64.4 cm³/mol. The van der Waals surface area contributed by atoms with Crippen LogP contribution in [-0.4, -0.2) is 23.5 Å². The van der Waals surface area contributed by atoms with Crippen LogP contribution in [0, 0.1) is 21.4 Å². The number of nitro benzene ring substituents is 1. The van der Waals surface area contributed by atoms with Crippen LogP contribution >= 0.6 is 0 Å². The fourth-order valence-corrected chi connectivity index (χ4v) is 2.41. The average molecular weight is 277 g/mol. The van der Waals surface area contributed by atoms with Gasteiger partial charge in [-0.15, -0.1) is 0 Å². The molecule has 1 aromatic rings. The Balaban J connectivity index is 1.61. The average Bonchev–Trinajstić information content (AvgIpc) is 3.10. The lowest BCUT2D eigenvalue weighted by Gasteiger charge is -2.09. The van der Waals surface area contributed by atoms with Crippen molar-refractivity contribution in [2.45, 2.75) is 13.0 Å². The molecule has 1 aromatic carbocycles. The Kier molecular flexibility index (Phi) is 2.70. The van der Waals surface area contributed by atoms with E-state index in [4.69, 9.17) is 9.47 Å². The van der Waals surface area contributed by atoms with E-state index in [2.05, 4.69) is 0 Å². The number of ether oxygens (including phenoxy) is 2. The van der Waals surface area contributed by atoms with Crippen LogP contribution in [0.5, 0.6) is 0 Å². The van der Waals surface area contributed by atoms with Gasteiger partial charge in [-0.3, -0.25) is 19.7 Å². The van der Waals surface area contributed by atoms with E-state index in [0.29, 0.717) is 12.0 Å². The van der Waals surface area contributed by atoms with E-state index in [1.54, 1.807) is 0 Å². The Bertz CT molecular complexity index is 595. The van der Waals surface area contributed by atoms with Crippen LogP contribution < -0.4 is 0 Å². The van der Waals surface area contributed by atoms with Gasteiger partial charge in [0.1, 0.15) is 6.61 Å². The summed E-state index contributed by atoms with van der Waals surface area (Å²) in [6.45, 7) is 0.268. The first-order chi connectivity index (χ1) is 9.54. The highest BCUT2D eigenvalue weighted by Crippen LogP contribution is 2.58. The van der Waals surface area contributed by atoms with Gasteiger partial charge in [0.2, 0.25) is 0 Å². The van der Waals surface area contributed by atoms with E-state index in [-0.39, 0.29) is 24.8 Å². The minimum Gasteiger partial charge on any atom is -0.464 e. The molecule has 0 radical (unpaired) electrons. The second kappa shape index (κ2) is 4.29. The van der Waals surface area contributed by atoms with Crippen LogP contribution in [0.15, 0.2) is 24.3 Å². The minimum absolute atomic E-state index is 0.0153. The summed E-state index contributed by atoms with van der Waals surface area (Å²) in [5, 5.41) is 10.5. The predicted octanol–water partition coefficient (Wildman–Crippen LogP) is 1.20. The number of nitro groups is 1. The number of nitrogens with zero attached hydrogens (tertiary/aromatic N) is 1. The van der Waals surface area contributed by atoms with Gasteiger partial charge in [-0.2, -0.15) is 0 Å². The number of benzene rings is 1. The molecule has 1 heterocycles. The summed E-state index contributed by atoms with van der Waals surface area (Å²) in [6.07, 6.45) is 0.491. The van der Waals surface area contributed by atoms with E-state index in [1.807, 2.05) is 0 Å². The minimum atomic E-state index is -1.08. The molecule has 20 heavy (non-hydrogen) atoms. The van der Waals surface area contributed by atoms with Crippen LogP contribution in [0.1, 0.15) is 12.0 Å². The molecule has 0 spiro atoms.